The van der Waals surface area contributed by atoms with Crippen molar-refractivity contribution >= 4 is 11.3 Å². The van der Waals surface area contributed by atoms with Crippen LogP contribution in [0, 0.1) is 0 Å². The number of hydrogen-bond acceptors (Lipinski definition) is 2. The third-order valence-electron chi connectivity index (χ3n) is 3.63. The van der Waals surface area contributed by atoms with Crippen molar-refractivity contribution in [1.82, 2.24) is 9.78 Å². The first-order valence-electron chi connectivity index (χ1n) is 12.0. The fraction of sp³-hybridized carbons (Fsp3) is 0.536. The summed E-state index contributed by atoms with van der Waals surface area (Å²) in [6, 6.07) is 17.2. The molecule has 0 atom stereocenters. The quantitative estimate of drug-likeness (QED) is 0.352. The number of hydrogen-bond donors (Lipinski definition) is 0. The number of rotatable bonds is 3. The summed E-state index contributed by atoms with van der Waals surface area (Å²) < 4.78 is 1.92. The van der Waals surface area contributed by atoms with Gasteiger partial charge in [-0.25, -0.2) is 0 Å². The molecule has 0 unspecified atom stereocenters. The average Bonchev–Trinajstić information content (AvgIpc) is 3.54. The number of nitrogens with zero attached hydrogens (tertiary/aromatic N) is 2. The van der Waals surface area contributed by atoms with Gasteiger partial charge in [0, 0.05) is 41.9 Å². The molecule has 2 aromatic heterocycles. The van der Waals surface area contributed by atoms with Crippen LogP contribution in [-0.2, 0) is 18.6 Å². The van der Waals surface area contributed by atoms with E-state index in [9.17, 15) is 0 Å². The van der Waals surface area contributed by atoms with Crippen molar-refractivity contribution in [2.24, 2.45) is 0 Å². The molecule has 2 heterocycles. The van der Waals surface area contributed by atoms with Gasteiger partial charge in [0.25, 0.3) is 0 Å². The maximum Gasteiger partial charge on any atom is 0.0489 e. The number of aromatic nitrogens is 2. The van der Waals surface area contributed by atoms with Gasteiger partial charge in [-0.15, -0.1) is 11.3 Å². The molecule has 0 amide bonds. The van der Waals surface area contributed by atoms with E-state index in [0.717, 1.165) is 0 Å². The van der Waals surface area contributed by atoms with Gasteiger partial charge in [0.05, 0.1) is 0 Å². The van der Waals surface area contributed by atoms with Gasteiger partial charge < -0.3 is 0 Å². The van der Waals surface area contributed by atoms with Crippen molar-refractivity contribution < 1.29 is 18.6 Å². The molecule has 0 aliphatic carbocycles. The fourth-order valence-electron chi connectivity index (χ4n) is 2.04. The first kappa shape index (κ1) is 38.0. The van der Waals surface area contributed by atoms with E-state index in [2.05, 4.69) is 88.4 Å². The summed E-state index contributed by atoms with van der Waals surface area (Å²) in [5.74, 6) is 1.36. The Morgan fingerprint density at radius 1 is 0.688 bits per heavy atom. The molecule has 0 N–H and O–H groups in total. The summed E-state index contributed by atoms with van der Waals surface area (Å²) in [5.41, 5.74) is 1.41. The van der Waals surface area contributed by atoms with E-state index >= 15 is 0 Å². The molecule has 4 heteroatoms. The summed E-state index contributed by atoms with van der Waals surface area (Å²) in [7, 11) is 0. The Bertz CT molecular complexity index is 608. The Morgan fingerprint density at radius 2 is 1.22 bits per heavy atom. The first-order chi connectivity index (χ1) is 14.9. The first-order valence-corrected chi connectivity index (χ1v) is 12.9. The van der Waals surface area contributed by atoms with Crippen LogP contribution in [0.1, 0.15) is 111 Å². The van der Waals surface area contributed by atoms with Crippen LogP contribution >= 0.6 is 11.3 Å². The Labute approximate surface area is 216 Å². The van der Waals surface area contributed by atoms with Crippen LogP contribution in [0.4, 0.5) is 0 Å². The average molecular weight is 498 g/mol. The maximum atomic E-state index is 4.03. The van der Waals surface area contributed by atoms with Crippen LogP contribution in [0.15, 0.2) is 66.3 Å². The van der Waals surface area contributed by atoms with E-state index in [1.807, 2.05) is 75.9 Å². The SMILES string of the molecule is CC.CC.CC.CC(C)c1ccccc1.CC(C)c1cccs1.CC(C)n1cccn1.[V]. The van der Waals surface area contributed by atoms with E-state index in [1.165, 1.54) is 10.4 Å². The summed E-state index contributed by atoms with van der Waals surface area (Å²) in [5, 5.41) is 6.15. The van der Waals surface area contributed by atoms with Crippen LogP contribution in [0.25, 0.3) is 0 Å². The van der Waals surface area contributed by atoms with E-state index in [0.29, 0.717) is 17.9 Å². The molecule has 0 fully saturated rings. The summed E-state index contributed by atoms with van der Waals surface area (Å²) in [6.07, 6.45) is 3.75. The largest absolute Gasteiger partial charge is 0.270 e. The van der Waals surface area contributed by atoms with Crippen molar-refractivity contribution in [3.05, 3.63) is 76.7 Å². The molecule has 0 aliphatic heterocycles. The van der Waals surface area contributed by atoms with Gasteiger partial charge in [-0.2, -0.15) is 5.10 Å². The Morgan fingerprint density at radius 3 is 1.44 bits per heavy atom. The van der Waals surface area contributed by atoms with Gasteiger partial charge in [-0.1, -0.05) is 106 Å². The third-order valence-corrected chi connectivity index (χ3v) is 4.81. The van der Waals surface area contributed by atoms with Crippen LogP contribution in [0.2, 0.25) is 0 Å². The minimum Gasteiger partial charge on any atom is -0.270 e. The van der Waals surface area contributed by atoms with Crippen molar-refractivity contribution in [2.75, 3.05) is 0 Å². The standard InChI is InChI=1S/C9H12.C7H10S.C6H10N2.3C2H6.V/c1-8(2)9-6-4-3-5-7-9;1-6(2)7-4-3-5-8-7;1-6(2)8-5-3-4-7-8;3*1-2;/h3-8H,1-2H3;2*3-6H,1-2H3;3*1-2H3;. The molecule has 32 heavy (non-hydrogen) atoms. The Kier molecular flexibility index (Phi) is 33.0. The van der Waals surface area contributed by atoms with Gasteiger partial charge in [0.15, 0.2) is 0 Å². The van der Waals surface area contributed by atoms with Crippen molar-refractivity contribution in [3.8, 4) is 0 Å². The summed E-state index contributed by atoms with van der Waals surface area (Å²) >= 11 is 1.83. The molecule has 183 valence electrons. The number of thiophene rings is 1. The molecule has 1 radical (unpaired) electrons. The van der Waals surface area contributed by atoms with Gasteiger partial charge in [0.1, 0.15) is 0 Å². The smallest absolute Gasteiger partial charge is 0.0489 e. The normalized spacial score (nSPS) is 8.59. The summed E-state index contributed by atoms with van der Waals surface area (Å²) in [4.78, 5) is 1.48. The van der Waals surface area contributed by atoms with Crippen molar-refractivity contribution in [3.63, 3.8) is 0 Å². The monoisotopic (exact) mass is 497 g/mol. The van der Waals surface area contributed by atoms with Gasteiger partial charge in [-0.3, -0.25) is 4.68 Å². The van der Waals surface area contributed by atoms with Gasteiger partial charge in [0.2, 0.25) is 0 Å². The zero-order valence-electron chi connectivity index (χ0n) is 22.8. The second-order valence-electron chi connectivity index (χ2n) is 6.82. The molecule has 2 nitrogen and oxygen atoms in total. The van der Waals surface area contributed by atoms with Crippen molar-refractivity contribution in [2.45, 2.75) is 101 Å². The molecule has 0 aliphatic rings. The molecule has 0 saturated carbocycles. The van der Waals surface area contributed by atoms with E-state index in [4.69, 9.17) is 0 Å². The predicted octanol–water partition coefficient (Wildman–Crippen LogP) is 10.2. The Hall–Kier alpha value is -1.29. The molecule has 3 rings (SSSR count). The van der Waals surface area contributed by atoms with E-state index in [-0.39, 0.29) is 18.6 Å². The van der Waals surface area contributed by atoms with Gasteiger partial charge >= 0.3 is 0 Å². The van der Waals surface area contributed by atoms with Gasteiger partial charge in [-0.05, 0) is 48.8 Å². The maximum absolute atomic E-state index is 4.03. The van der Waals surface area contributed by atoms with Crippen LogP contribution in [0.3, 0.4) is 0 Å². The zero-order chi connectivity index (χ0) is 24.7. The second kappa shape index (κ2) is 27.7. The fourth-order valence-corrected chi connectivity index (χ4v) is 2.79. The van der Waals surface area contributed by atoms with Crippen LogP contribution < -0.4 is 0 Å². The van der Waals surface area contributed by atoms with E-state index in [1.54, 1.807) is 6.20 Å². The molecule has 0 bridgehead atoms. The topological polar surface area (TPSA) is 17.8 Å². The van der Waals surface area contributed by atoms with Crippen LogP contribution in [0.5, 0.6) is 0 Å². The molecular weight excluding hydrogens is 447 g/mol. The predicted molar refractivity (Wildman–Crippen MR) is 146 cm³/mol. The Balaban J connectivity index is -0.000000162. The minimum atomic E-state index is 0. The summed E-state index contributed by atoms with van der Waals surface area (Å²) in [6.45, 7) is 25.0. The molecular formula is C28H50N2SV. The minimum absolute atomic E-state index is 0. The molecule has 0 spiro atoms. The van der Waals surface area contributed by atoms with Crippen LogP contribution in [-0.4, -0.2) is 9.78 Å². The third kappa shape index (κ3) is 20.6. The molecule has 1 aromatic carbocycles. The molecule has 3 aromatic rings. The second-order valence-corrected chi connectivity index (χ2v) is 7.79. The number of benzene rings is 1. The van der Waals surface area contributed by atoms with Crippen molar-refractivity contribution in [1.29, 1.82) is 0 Å². The zero-order valence-corrected chi connectivity index (χ0v) is 25.0. The van der Waals surface area contributed by atoms with E-state index < -0.39 is 0 Å². The molecule has 0 saturated heterocycles.